The van der Waals surface area contributed by atoms with Crippen LogP contribution < -0.4 is 10.9 Å². The lowest BCUT2D eigenvalue weighted by Crippen LogP contribution is -2.24. The minimum Gasteiger partial charge on any atom is -0.355 e. The topological polar surface area (TPSA) is 79.8 Å². The van der Waals surface area contributed by atoms with Crippen molar-refractivity contribution >= 4 is 50.3 Å². The van der Waals surface area contributed by atoms with Gasteiger partial charge in [0.25, 0.3) is 5.56 Å². The number of benzene rings is 2. The zero-order valence-electron chi connectivity index (χ0n) is 17.6. The maximum absolute atomic E-state index is 13.2. The summed E-state index contributed by atoms with van der Waals surface area (Å²) in [5.74, 6) is 0.0108. The van der Waals surface area contributed by atoms with Crippen LogP contribution in [-0.4, -0.2) is 26.2 Å². The number of rotatable bonds is 8. The fourth-order valence-corrected chi connectivity index (χ4v) is 4.48. The molecule has 32 heavy (non-hydrogen) atoms. The largest absolute Gasteiger partial charge is 0.355 e. The van der Waals surface area contributed by atoms with Crippen LogP contribution in [0.1, 0.15) is 19.8 Å². The number of hydrogen-bond acceptors (Lipinski definition) is 4. The van der Waals surface area contributed by atoms with Gasteiger partial charge in [-0.1, -0.05) is 71.4 Å². The molecule has 6 nitrogen and oxygen atoms in total. The first-order valence-electron chi connectivity index (χ1n) is 10.4. The Bertz CT molecular complexity index is 1280. The second-order valence-corrected chi connectivity index (χ2v) is 9.20. The molecule has 0 aliphatic rings. The van der Waals surface area contributed by atoms with Crippen molar-refractivity contribution in [2.24, 2.45) is 0 Å². The third-order valence-electron chi connectivity index (χ3n) is 5.03. The number of nitrogens with zero attached hydrogens (tertiary/aromatic N) is 2. The summed E-state index contributed by atoms with van der Waals surface area (Å²) in [7, 11) is 0. The number of carbonyl (C=O) groups is 1. The molecule has 0 aliphatic heterocycles. The molecule has 4 rings (SSSR count). The van der Waals surface area contributed by atoms with E-state index in [4.69, 9.17) is 4.98 Å². The monoisotopic (exact) mass is 510 g/mol. The molecular weight excluding hydrogens is 488 g/mol. The molecular formula is C24H23BrN4O2S. The van der Waals surface area contributed by atoms with Crippen molar-refractivity contribution in [3.05, 3.63) is 75.6 Å². The first-order valence-corrected chi connectivity index (χ1v) is 12.2. The van der Waals surface area contributed by atoms with Crippen molar-refractivity contribution in [1.29, 1.82) is 0 Å². The van der Waals surface area contributed by atoms with Crippen LogP contribution in [0, 0.1) is 0 Å². The standard InChI is InChI=1S/C24H23BrN4O2S/c1-2-3-13-29-23(31)22-21(19(14-26-22)16-7-5-4-6-8-16)28-24(29)32-15-20(30)27-18-11-9-17(25)10-12-18/h4-12,14,26H,2-3,13,15H2,1H3,(H,27,30). The van der Waals surface area contributed by atoms with Gasteiger partial charge < -0.3 is 10.3 Å². The highest BCUT2D eigenvalue weighted by atomic mass is 79.9. The number of nitrogens with one attached hydrogen (secondary N) is 2. The summed E-state index contributed by atoms with van der Waals surface area (Å²) in [5.41, 5.74) is 3.60. The van der Waals surface area contributed by atoms with Crippen molar-refractivity contribution in [2.45, 2.75) is 31.5 Å². The maximum atomic E-state index is 13.2. The van der Waals surface area contributed by atoms with Gasteiger partial charge in [-0.05, 0) is 36.2 Å². The Morgan fingerprint density at radius 2 is 1.91 bits per heavy atom. The number of aromatic amines is 1. The molecule has 0 atom stereocenters. The van der Waals surface area contributed by atoms with E-state index in [2.05, 4.69) is 33.2 Å². The molecule has 1 amide bonds. The molecule has 0 spiro atoms. The van der Waals surface area contributed by atoms with Crippen LogP contribution in [0.3, 0.4) is 0 Å². The normalized spacial score (nSPS) is 11.1. The molecule has 0 bridgehead atoms. The smallest absolute Gasteiger partial charge is 0.278 e. The second-order valence-electron chi connectivity index (χ2n) is 7.34. The summed E-state index contributed by atoms with van der Waals surface area (Å²) in [6.07, 6.45) is 3.64. The van der Waals surface area contributed by atoms with Crippen LogP contribution in [0.25, 0.3) is 22.2 Å². The molecule has 164 valence electrons. The van der Waals surface area contributed by atoms with Crippen molar-refractivity contribution in [3.63, 3.8) is 0 Å². The van der Waals surface area contributed by atoms with Crippen molar-refractivity contribution in [3.8, 4) is 11.1 Å². The van der Waals surface area contributed by atoms with Gasteiger partial charge in [0, 0.05) is 28.5 Å². The van der Waals surface area contributed by atoms with Gasteiger partial charge in [-0.25, -0.2) is 4.98 Å². The summed E-state index contributed by atoms with van der Waals surface area (Å²) >= 11 is 4.67. The van der Waals surface area contributed by atoms with Gasteiger partial charge in [-0.15, -0.1) is 0 Å². The minimum atomic E-state index is -0.147. The Hall–Kier alpha value is -2.84. The average Bonchev–Trinajstić information content (AvgIpc) is 3.23. The minimum absolute atomic E-state index is 0.110. The SMILES string of the molecule is CCCCn1c(SCC(=O)Nc2ccc(Br)cc2)nc2c(-c3ccccc3)c[nH]c2c1=O. The van der Waals surface area contributed by atoms with Crippen molar-refractivity contribution in [2.75, 3.05) is 11.1 Å². The van der Waals surface area contributed by atoms with Crippen LogP contribution in [0.5, 0.6) is 0 Å². The molecule has 0 aliphatic carbocycles. The number of halogens is 1. The number of amides is 1. The highest BCUT2D eigenvalue weighted by molar-refractivity contribution is 9.10. The first kappa shape index (κ1) is 22.4. The van der Waals surface area contributed by atoms with E-state index in [0.717, 1.165) is 34.1 Å². The lowest BCUT2D eigenvalue weighted by Gasteiger charge is -2.12. The van der Waals surface area contributed by atoms with Gasteiger partial charge in [-0.3, -0.25) is 14.2 Å². The summed E-state index contributed by atoms with van der Waals surface area (Å²) in [6, 6.07) is 17.3. The zero-order valence-corrected chi connectivity index (χ0v) is 20.0. The van der Waals surface area contributed by atoms with E-state index < -0.39 is 0 Å². The summed E-state index contributed by atoms with van der Waals surface area (Å²) in [4.78, 5) is 33.7. The Kier molecular flexibility index (Phi) is 7.12. The molecule has 0 radical (unpaired) electrons. The number of thioether (sulfide) groups is 1. The van der Waals surface area contributed by atoms with Crippen LogP contribution in [0.2, 0.25) is 0 Å². The van der Waals surface area contributed by atoms with E-state index in [1.807, 2.05) is 60.8 Å². The predicted octanol–water partition coefficient (Wildman–Crippen LogP) is 5.69. The van der Waals surface area contributed by atoms with Crippen molar-refractivity contribution in [1.82, 2.24) is 14.5 Å². The van der Waals surface area contributed by atoms with Gasteiger partial charge in [0.2, 0.25) is 5.91 Å². The fourth-order valence-electron chi connectivity index (χ4n) is 3.39. The third kappa shape index (κ3) is 4.97. The molecule has 4 aromatic rings. The van der Waals surface area contributed by atoms with E-state index in [9.17, 15) is 9.59 Å². The Morgan fingerprint density at radius 3 is 2.62 bits per heavy atom. The second kappa shape index (κ2) is 10.2. The highest BCUT2D eigenvalue weighted by Crippen LogP contribution is 2.28. The number of hydrogen-bond donors (Lipinski definition) is 2. The zero-order chi connectivity index (χ0) is 22.5. The quantitative estimate of drug-likeness (QED) is 0.236. The molecule has 0 unspecified atom stereocenters. The van der Waals surface area contributed by atoms with Gasteiger partial charge in [0.1, 0.15) is 11.0 Å². The summed E-state index contributed by atoms with van der Waals surface area (Å²) in [5, 5.41) is 3.44. The lowest BCUT2D eigenvalue weighted by molar-refractivity contribution is -0.113. The Labute approximate surface area is 198 Å². The van der Waals surface area contributed by atoms with Crippen LogP contribution in [-0.2, 0) is 11.3 Å². The van der Waals surface area contributed by atoms with Crippen LogP contribution in [0.15, 0.2) is 75.2 Å². The number of fused-ring (bicyclic) bond motifs is 1. The predicted molar refractivity (Wildman–Crippen MR) is 134 cm³/mol. The first-order chi connectivity index (χ1) is 15.6. The highest BCUT2D eigenvalue weighted by Gasteiger charge is 2.17. The molecule has 0 saturated carbocycles. The molecule has 2 aromatic carbocycles. The van der Waals surface area contributed by atoms with E-state index in [1.54, 1.807) is 4.57 Å². The van der Waals surface area contributed by atoms with E-state index in [-0.39, 0.29) is 17.2 Å². The van der Waals surface area contributed by atoms with Gasteiger partial charge in [-0.2, -0.15) is 0 Å². The number of anilines is 1. The maximum Gasteiger partial charge on any atom is 0.278 e. The number of carbonyl (C=O) groups excluding carboxylic acids is 1. The number of aromatic nitrogens is 3. The molecule has 8 heteroatoms. The molecule has 2 N–H and O–H groups in total. The Balaban J connectivity index is 1.64. The van der Waals surface area contributed by atoms with E-state index >= 15 is 0 Å². The molecule has 0 saturated heterocycles. The molecule has 0 fully saturated rings. The van der Waals surface area contributed by atoms with Gasteiger partial charge >= 0.3 is 0 Å². The molecule has 2 aromatic heterocycles. The molecule has 2 heterocycles. The van der Waals surface area contributed by atoms with Crippen molar-refractivity contribution < 1.29 is 4.79 Å². The van der Waals surface area contributed by atoms with E-state index in [1.165, 1.54) is 11.8 Å². The Morgan fingerprint density at radius 1 is 1.16 bits per heavy atom. The third-order valence-corrected chi connectivity index (χ3v) is 6.54. The van der Waals surface area contributed by atoms with Crippen LogP contribution in [0.4, 0.5) is 5.69 Å². The number of unbranched alkanes of at least 4 members (excludes halogenated alkanes) is 1. The van der Waals surface area contributed by atoms with Crippen LogP contribution >= 0.6 is 27.7 Å². The van der Waals surface area contributed by atoms with Gasteiger partial charge in [0.05, 0.1) is 5.75 Å². The fraction of sp³-hybridized carbons (Fsp3) is 0.208. The summed E-state index contributed by atoms with van der Waals surface area (Å²) in [6.45, 7) is 2.65. The van der Waals surface area contributed by atoms with E-state index in [0.29, 0.717) is 22.7 Å². The van der Waals surface area contributed by atoms with Gasteiger partial charge in [0.15, 0.2) is 5.16 Å². The lowest BCUT2D eigenvalue weighted by atomic mass is 10.1. The number of H-pyrrole nitrogens is 1. The summed E-state index contributed by atoms with van der Waals surface area (Å²) < 4.78 is 2.62. The average molecular weight is 511 g/mol.